The second kappa shape index (κ2) is 5.51. The molecule has 0 atom stereocenters. The van der Waals surface area contributed by atoms with E-state index in [1.807, 2.05) is 0 Å². The van der Waals surface area contributed by atoms with Crippen molar-refractivity contribution in [2.24, 2.45) is 0 Å². The van der Waals surface area contributed by atoms with Crippen molar-refractivity contribution in [3.8, 4) is 18.1 Å². The van der Waals surface area contributed by atoms with Crippen LogP contribution in [0.2, 0.25) is 5.02 Å². The maximum atomic E-state index is 13.2. The Kier molecular flexibility index (Phi) is 4.28. The first-order valence-electron chi connectivity index (χ1n) is 4.26. The van der Waals surface area contributed by atoms with Crippen LogP contribution in [0.15, 0.2) is 18.2 Å². The van der Waals surface area contributed by atoms with Crippen molar-refractivity contribution in [3.05, 3.63) is 29.0 Å². The van der Waals surface area contributed by atoms with Gasteiger partial charge in [-0.25, -0.2) is 4.39 Å². The zero-order chi connectivity index (χ0) is 10.4. The van der Waals surface area contributed by atoms with Crippen molar-refractivity contribution in [1.82, 2.24) is 0 Å². The van der Waals surface area contributed by atoms with Crippen LogP contribution in [0.1, 0.15) is 12.8 Å². The minimum atomic E-state index is -0.519. The van der Waals surface area contributed by atoms with Gasteiger partial charge in [0.2, 0.25) is 0 Å². The van der Waals surface area contributed by atoms with Crippen molar-refractivity contribution in [2.75, 3.05) is 6.61 Å². The normalized spacial score (nSPS) is 9.50. The van der Waals surface area contributed by atoms with Crippen molar-refractivity contribution in [1.29, 1.82) is 0 Å². The fourth-order valence-corrected chi connectivity index (χ4v) is 1.12. The van der Waals surface area contributed by atoms with Crippen LogP contribution in [0.25, 0.3) is 0 Å². The second-order valence-electron chi connectivity index (χ2n) is 2.71. The summed E-state index contributed by atoms with van der Waals surface area (Å²) < 4.78 is 18.4. The number of halogens is 2. The molecule has 0 aromatic heterocycles. The molecular formula is C11H10ClFO. The lowest BCUT2D eigenvalue weighted by atomic mass is 10.3. The quantitative estimate of drug-likeness (QED) is 0.550. The lowest BCUT2D eigenvalue weighted by molar-refractivity contribution is 0.297. The van der Waals surface area contributed by atoms with Crippen LogP contribution < -0.4 is 4.74 Å². The summed E-state index contributed by atoms with van der Waals surface area (Å²) in [5.41, 5.74) is 0. The Balaban J connectivity index is 2.51. The van der Waals surface area contributed by atoms with E-state index in [1.54, 1.807) is 6.07 Å². The van der Waals surface area contributed by atoms with Gasteiger partial charge in [0.15, 0.2) is 11.6 Å². The summed E-state index contributed by atoms with van der Waals surface area (Å²) in [4.78, 5) is 0. The van der Waals surface area contributed by atoms with Gasteiger partial charge in [-0.2, -0.15) is 0 Å². The third kappa shape index (κ3) is 2.93. The molecular weight excluding hydrogens is 203 g/mol. The van der Waals surface area contributed by atoms with E-state index in [4.69, 9.17) is 22.8 Å². The lowest BCUT2D eigenvalue weighted by Gasteiger charge is -2.06. The van der Waals surface area contributed by atoms with E-state index in [9.17, 15) is 4.39 Å². The summed E-state index contributed by atoms with van der Waals surface area (Å²) in [6.07, 6.45) is 6.40. The molecule has 0 bridgehead atoms. The van der Waals surface area contributed by atoms with Crippen molar-refractivity contribution < 1.29 is 9.13 Å². The Labute approximate surface area is 87.8 Å². The van der Waals surface area contributed by atoms with Gasteiger partial charge < -0.3 is 4.74 Å². The molecule has 1 aromatic rings. The Hall–Kier alpha value is -1.20. The van der Waals surface area contributed by atoms with Crippen LogP contribution in [0, 0.1) is 18.2 Å². The first kappa shape index (κ1) is 10.9. The SMILES string of the molecule is C#CCCCOc1cccc(Cl)c1F. The third-order valence-electron chi connectivity index (χ3n) is 1.64. The van der Waals surface area contributed by atoms with E-state index < -0.39 is 5.82 Å². The van der Waals surface area contributed by atoms with Crippen LogP contribution in [-0.2, 0) is 0 Å². The highest BCUT2D eigenvalue weighted by molar-refractivity contribution is 6.30. The Morgan fingerprint density at radius 3 is 3.00 bits per heavy atom. The molecule has 0 aliphatic carbocycles. The predicted octanol–water partition coefficient (Wildman–Crippen LogP) is 3.27. The van der Waals surface area contributed by atoms with Crippen LogP contribution in [0.5, 0.6) is 5.75 Å². The van der Waals surface area contributed by atoms with Gasteiger partial charge in [-0.3, -0.25) is 0 Å². The van der Waals surface area contributed by atoms with Crippen molar-refractivity contribution in [2.45, 2.75) is 12.8 Å². The topological polar surface area (TPSA) is 9.23 Å². The predicted molar refractivity (Wildman–Crippen MR) is 55.0 cm³/mol. The summed E-state index contributed by atoms with van der Waals surface area (Å²) in [6, 6.07) is 4.66. The maximum absolute atomic E-state index is 13.2. The summed E-state index contributed by atoms with van der Waals surface area (Å²) in [7, 11) is 0. The highest BCUT2D eigenvalue weighted by atomic mass is 35.5. The molecule has 0 unspecified atom stereocenters. The average molecular weight is 213 g/mol. The largest absolute Gasteiger partial charge is 0.490 e. The lowest BCUT2D eigenvalue weighted by Crippen LogP contribution is -1.98. The molecule has 1 nitrogen and oxygen atoms in total. The van der Waals surface area contributed by atoms with Crippen LogP contribution in [0.3, 0.4) is 0 Å². The van der Waals surface area contributed by atoms with Gasteiger partial charge in [0.05, 0.1) is 11.6 Å². The van der Waals surface area contributed by atoms with Gasteiger partial charge in [-0.05, 0) is 18.6 Å². The minimum Gasteiger partial charge on any atom is -0.490 e. The number of unbranched alkanes of at least 4 members (excludes halogenated alkanes) is 1. The van der Waals surface area contributed by atoms with E-state index in [-0.39, 0.29) is 10.8 Å². The highest BCUT2D eigenvalue weighted by Crippen LogP contribution is 2.23. The third-order valence-corrected chi connectivity index (χ3v) is 1.93. The smallest absolute Gasteiger partial charge is 0.183 e. The molecule has 1 aromatic carbocycles. The number of rotatable bonds is 4. The molecule has 0 heterocycles. The Bertz CT molecular complexity index is 344. The van der Waals surface area contributed by atoms with Gasteiger partial charge in [0, 0.05) is 6.42 Å². The molecule has 0 aliphatic rings. The number of terminal acetylenes is 1. The van der Waals surface area contributed by atoms with Crippen molar-refractivity contribution >= 4 is 11.6 Å². The molecule has 0 radical (unpaired) electrons. The Morgan fingerprint density at radius 2 is 2.29 bits per heavy atom. The first-order valence-corrected chi connectivity index (χ1v) is 4.63. The molecule has 3 heteroatoms. The molecule has 0 N–H and O–H groups in total. The first-order chi connectivity index (χ1) is 6.75. The molecule has 0 saturated heterocycles. The molecule has 0 aliphatic heterocycles. The minimum absolute atomic E-state index is 0.0689. The maximum Gasteiger partial charge on any atom is 0.183 e. The van der Waals surface area contributed by atoms with Gasteiger partial charge in [-0.15, -0.1) is 12.3 Å². The van der Waals surface area contributed by atoms with Gasteiger partial charge in [-0.1, -0.05) is 17.7 Å². The monoisotopic (exact) mass is 212 g/mol. The zero-order valence-electron chi connectivity index (χ0n) is 7.59. The van der Waals surface area contributed by atoms with Crippen molar-refractivity contribution in [3.63, 3.8) is 0 Å². The summed E-state index contributed by atoms with van der Waals surface area (Å²) in [6.45, 7) is 0.404. The molecule has 1 rings (SSSR count). The van der Waals surface area contributed by atoms with Crippen LogP contribution in [0.4, 0.5) is 4.39 Å². The number of benzene rings is 1. The van der Waals surface area contributed by atoms with Crippen LogP contribution in [-0.4, -0.2) is 6.61 Å². The van der Waals surface area contributed by atoms with Gasteiger partial charge >= 0.3 is 0 Å². The van der Waals surface area contributed by atoms with E-state index in [1.165, 1.54) is 12.1 Å². The van der Waals surface area contributed by atoms with Gasteiger partial charge in [0.1, 0.15) is 0 Å². The van der Waals surface area contributed by atoms with E-state index in [0.717, 1.165) is 0 Å². The number of ether oxygens (including phenoxy) is 1. The fraction of sp³-hybridized carbons (Fsp3) is 0.273. The molecule has 74 valence electrons. The average Bonchev–Trinajstić information content (AvgIpc) is 2.19. The zero-order valence-corrected chi connectivity index (χ0v) is 8.35. The molecule has 0 saturated carbocycles. The second-order valence-corrected chi connectivity index (χ2v) is 3.12. The number of hydrogen-bond acceptors (Lipinski definition) is 1. The van der Waals surface area contributed by atoms with Crippen LogP contribution >= 0.6 is 11.6 Å². The summed E-state index contributed by atoms with van der Waals surface area (Å²) >= 11 is 5.57. The standard InChI is InChI=1S/C11H10ClFO/c1-2-3-4-8-14-10-7-5-6-9(12)11(10)13/h1,5-7H,3-4,8H2. The summed E-state index contributed by atoms with van der Waals surface area (Å²) in [5.74, 6) is 2.14. The molecule has 0 amide bonds. The summed E-state index contributed by atoms with van der Waals surface area (Å²) in [5, 5.41) is 0.0689. The molecule has 0 spiro atoms. The van der Waals surface area contributed by atoms with Gasteiger partial charge in [0.25, 0.3) is 0 Å². The van der Waals surface area contributed by atoms with E-state index in [2.05, 4.69) is 5.92 Å². The fourth-order valence-electron chi connectivity index (χ4n) is 0.952. The number of hydrogen-bond donors (Lipinski definition) is 0. The van der Waals surface area contributed by atoms with E-state index in [0.29, 0.717) is 19.4 Å². The molecule has 14 heavy (non-hydrogen) atoms. The van der Waals surface area contributed by atoms with E-state index >= 15 is 0 Å². The Morgan fingerprint density at radius 1 is 1.50 bits per heavy atom. The molecule has 0 fully saturated rings. The highest BCUT2D eigenvalue weighted by Gasteiger charge is 2.06.